The molecule has 0 aliphatic heterocycles. The third kappa shape index (κ3) is 0.853. The Balaban J connectivity index is 3.01. The molecule has 0 saturated heterocycles. The van der Waals surface area contributed by atoms with Crippen LogP contribution in [-0.2, 0) is 0 Å². The molecule has 0 N–H and O–H groups in total. The van der Waals surface area contributed by atoms with Crippen LogP contribution < -0.4 is 4.06 Å². The van der Waals surface area contributed by atoms with E-state index in [0.29, 0.717) is 0 Å². The van der Waals surface area contributed by atoms with Crippen LogP contribution >= 0.6 is 22.7 Å². The van der Waals surface area contributed by atoms with Crippen LogP contribution in [0.25, 0.3) is 9.53 Å². The zero-order valence-corrected chi connectivity index (χ0v) is 6.54. The molecule has 2 aromatic rings. The lowest BCUT2D eigenvalue weighted by atomic mass is 10.5. The molecule has 10 heavy (non-hydrogen) atoms. The molecule has 50 valence electrons. The highest BCUT2D eigenvalue weighted by Crippen LogP contribution is 2.16. The van der Waals surface area contributed by atoms with Gasteiger partial charge in [0.05, 0.1) is 4.70 Å². The predicted octanol–water partition coefficient (Wildman–Crippen LogP) is 1.72. The zero-order valence-electron chi connectivity index (χ0n) is 4.90. The minimum absolute atomic E-state index is 0.119. The fourth-order valence-corrected chi connectivity index (χ4v) is 2.55. The van der Waals surface area contributed by atoms with Gasteiger partial charge in [-0.15, -0.1) is 0 Å². The maximum absolute atomic E-state index is 10.8. The lowest BCUT2D eigenvalue weighted by molar-refractivity contribution is 1.45. The van der Waals surface area contributed by atoms with Gasteiger partial charge in [0.15, 0.2) is 0 Å². The van der Waals surface area contributed by atoms with E-state index in [4.69, 9.17) is 0 Å². The predicted molar refractivity (Wildman–Crippen MR) is 43.8 cm³/mol. The van der Waals surface area contributed by atoms with Crippen molar-refractivity contribution in [3.05, 3.63) is 27.2 Å². The number of fused-ring (bicyclic) bond motifs is 1. The molecule has 0 atom stereocenters. The molecule has 4 heteroatoms. The van der Waals surface area contributed by atoms with Crippen LogP contribution in [0.2, 0.25) is 0 Å². The van der Waals surface area contributed by atoms with Crippen LogP contribution in [0.4, 0.5) is 0 Å². The summed E-state index contributed by atoms with van der Waals surface area (Å²) in [7, 11) is 0. The molecule has 0 fully saturated rings. The van der Waals surface area contributed by atoms with Gasteiger partial charge in [0.25, 0.3) is 4.06 Å². The van der Waals surface area contributed by atoms with Gasteiger partial charge in [0.2, 0.25) is 0 Å². The fraction of sp³-hybridized carbons (Fsp3) is 0. The van der Waals surface area contributed by atoms with Crippen LogP contribution in [0.15, 0.2) is 23.1 Å². The first kappa shape index (κ1) is 6.00. The van der Waals surface area contributed by atoms with Gasteiger partial charge >= 0.3 is 0 Å². The summed E-state index contributed by atoms with van der Waals surface area (Å²) in [5.74, 6) is 0. The Bertz CT molecular complexity index is 367. The van der Waals surface area contributed by atoms with E-state index in [-0.39, 0.29) is 4.06 Å². The molecular formula is C6H3NOS2. The van der Waals surface area contributed by atoms with Crippen LogP contribution in [-0.4, -0.2) is 4.98 Å². The van der Waals surface area contributed by atoms with E-state index in [9.17, 15) is 4.79 Å². The van der Waals surface area contributed by atoms with Crippen molar-refractivity contribution < 1.29 is 0 Å². The van der Waals surface area contributed by atoms with Gasteiger partial charge in [0, 0.05) is 6.20 Å². The molecule has 2 rings (SSSR count). The first-order valence-corrected chi connectivity index (χ1v) is 4.34. The van der Waals surface area contributed by atoms with Crippen LogP contribution in [0.1, 0.15) is 0 Å². The summed E-state index contributed by atoms with van der Waals surface area (Å²) in [4.78, 5) is 15.7. The number of hydrogen-bond acceptors (Lipinski definition) is 4. The summed E-state index contributed by atoms with van der Waals surface area (Å²) in [6.07, 6.45) is 1.70. The molecule has 0 radical (unpaired) electrons. The van der Waals surface area contributed by atoms with Crippen molar-refractivity contribution in [2.45, 2.75) is 0 Å². The van der Waals surface area contributed by atoms with Crippen molar-refractivity contribution in [1.82, 2.24) is 4.98 Å². The van der Waals surface area contributed by atoms with E-state index in [1.807, 2.05) is 12.1 Å². The topological polar surface area (TPSA) is 30.0 Å². The van der Waals surface area contributed by atoms with Crippen molar-refractivity contribution in [1.29, 1.82) is 0 Å². The van der Waals surface area contributed by atoms with E-state index in [1.165, 1.54) is 22.7 Å². The minimum atomic E-state index is 0.119. The van der Waals surface area contributed by atoms with Gasteiger partial charge in [0.1, 0.15) is 4.83 Å². The van der Waals surface area contributed by atoms with Crippen molar-refractivity contribution in [3.8, 4) is 0 Å². The Hall–Kier alpha value is -0.740. The number of hydrogen-bond donors (Lipinski definition) is 0. The summed E-state index contributed by atoms with van der Waals surface area (Å²) >= 11 is 2.46. The molecule has 0 amide bonds. The summed E-state index contributed by atoms with van der Waals surface area (Å²) < 4.78 is 1.10. The van der Waals surface area contributed by atoms with Crippen LogP contribution in [0.5, 0.6) is 0 Å². The highest BCUT2D eigenvalue weighted by atomic mass is 32.2. The summed E-state index contributed by atoms with van der Waals surface area (Å²) in [6, 6.07) is 3.75. The van der Waals surface area contributed by atoms with Gasteiger partial charge in [-0.1, -0.05) is 22.7 Å². The van der Waals surface area contributed by atoms with Crippen molar-refractivity contribution in [2.75, 3.05) is 0 Å². The monoisotopic (exact) mass is 169 g/mol. The van der Waals surface area contributed by atoms with Crippen LogP contribution in [0, 0.1) is 0 Å². The molecule has 2 aromatic heterocycles. The van der Waals surface area contributed by atoms with Crippen molar-refractivity contribution in [2.24, 2.45) is 0 Å². The normalized spacial score (nSPS) is 10.4. The molecule has 0 bridgehead atoms. The van der Waals surface area contributed by atoms with Gasteiger partial charge < -0.3 is 0 Å². The van der Waals surface area contributed by atoms with E-state index in [0.717, 1.165) is 9.53 Å². The van der Waals surface area contributed by atoms with Crippen LogP contribution in [0.3, 0.4) is 0 Å². The third-order valence-electron chi connectivity index (χ3n) is 1.11. The first-order valence-electron chi connectivity index (χ1n) is 2.71. The molecule has 0 saturated carbocycles. The number of aromatic nitrogens is 1. The molecule has 0 aliphatic carbocycles. The molecule has 2 nitrogen and oxygen atoms in total. The third-order valence-corrected chi connectivity index (χ3v) is 3.14. The number of rotatable bonds is 0. The average Bonchev–Trinajstić information content (AvgIpc) is 2.27. The SMILES string of the molecule is O=c1sc2cccnc2s1. The maximum Gasteiger partial charge on any atom is 0.290 e. The fourth-order valence-electron chi connectivity index (χ4n) is 0.720. The largest absolute Gasteiger partial charge is 0.290 e. The second-order valence-electron chi connectivity index (χ2n) is 1.76. The standard InChI is InChI=1S/C6H3NOS2/c8-6-9-4-2-1-3-7-5(4)10-6/h1-3H. The summed E-state index contributed by atoms with van der Waals surface area (Å²) in [6.45, 7) is 0. The maximum atomic E-state index is 10.8. The first-order chi connectivity index (χ1) is 4.86. The highest BCUT2D eigenvalue weighted by molar-refractivity contribution is 7.35. The average molecular weight is 169 g/mol. The van der Waals surface area contributed by atoms with Gasteiger partial charge in [-0.2, -0.15) is 0 Å². The van der Waals surface area contributed by atoms with Gasteiger partial charge in [-0.05, 0) is 12.1 Å². The van der Waals surface area contributed by atoms with E-state index >= 15 is 0 Å². The Morgan fingerprint density at radius 2 is 2.30 bits per heavy atom. The van der Waals surface area contributed by atoms with Crippen molar-refractivity contribution in [3.63, 3.8) is 0 Å². The lowest BCUT2D eigenvalue weighted by Gasteiger charge is -1.79. The Morgan fingerprint density at radius 3 is 3.10 bits per heavy atom. The lowest BCUT2D eigenvalue weighted by Crippen LogP contribution is -1.73. The molecule has 0 unspecified atom stereocenters. The van der Waals surface area contributed by atoms with Gasteiger partial charge in [-0.3, -0.25) is 4.79 Å². The molecular weight excluding hydrogens is 166 g/mol. The Kier molecular flexibility index (Phi) is 1.28. The molecule has 2 heterocycles. The molecule has 0 aromatic carbocycles. The zero-order chi connectivity index (χ0) is 6.97. The second-order valence-corrected chi connectivity index (χ2v) is 4.00. The minimum Gasteiger partial charge on any atom is -0.265 e. The highest BCUT2D eigenvalue weighted by Gasteiger charge is 1.97. The van der Waals surface area contributed by atoms with E-state index in [2.05, 4.69) is 4.98 Å². The van der Waals surface area contributed by atoms with Crippen molar-refractivity contribution >= 4 is 32.2 Å². The molecule has 0 spiro atoms. The summed E-state index contributed by atoms with van der Waals surface area (Å²) in [5, 5.41) is 0. The smallest absolute Gasteiger partial charge is 0.265 e. The quantitative estimate of drug-likeness (QED) is 0.601. The molecule has 0 aliphatic rings. The van der Waals surface area contributed by atoms with Gasteiger partial charge in [-0.25, -0.2) is 4.98 Å². The number of nitrogens with zero attached hydrogens (tertiary/aromatic N) is 1. The second kappa shape index (κ2) is 2.14. The van der Waals surface area contributed by atoms with E-state index in [1.54, 1.807) is 6.20 Å². The Labute approximate surface area is 64.8 Å². The van der Waals surface area contributed by atoms with E-state index < -0.39 is 0 Å². The summed E-state index contributed by atoms with van der Waals surface area (Å²) in [5.41, 5.74) is 0. The Morgan fingerprint density at radius 1 is 1.40 bits per heavy atom. The number of pyridine rings is 1.